The van der Waals surface area contributed by atoms with E-state index in [1.54, 1.807) is 36.4 Å². The molecule has 0 radical (unpaired) electrons. The van der Waals surface area contributed by atoms with Gasteiger partial charge in [-0.2, -0.15) is 0 Å². The number of halogens is 1. The van der Waals surface area contributed by atoms with Crippen molar-refractivity contribution in [2.75, 3.05) is 13.2 Å². The summed E-state index contributed by atoms with van der Waals surface area (Å²) in [5.74, 6) is -0.297. The van der Waals surface area contributed by atoms with Gasteiger partial charge in [0.15, 0.2) is 0 Å². The minimum atomic E-state index is -0.813. The van der Waals surface area contributed by atoms with Gasteiger partial charge in [0.05, 0.1) is 18.8 Å². The fourth-order valence-corrected chi connectivity index (χ4v) is 3.17. The lowest BCUT2D eigenvalue weighted by atomic mass is 9.93. The molecule has 1 heterocycles. The molecular weight excluding hydrogens is 384 g/mol. The van der Waals surface area contributed by atoms with Gasteiger partial charge in [0.25, 0.3) is 0 Å². The van der Waals surface area contributed by atoms with Gasteiger partial charge in [-0.15, -0.1) is 0 Å². The molecule has 28 heavy (non-hydrogen) atoms. The Morgan fingerprint density at radius 3 is 2.89 bits per heavy atom. The normalized spacial score (nSPS) is 23.5. The molecule has 1 aromatic carbocycles. The van der Waals surface area contributed by atoms with Crippen molar-refractivity contribution in [2.45, 2.75) is 44.0 Å². The van der Waals surface area contributed by atoms with E-state index in [1.807, 2.05) is 12.2 Å². The van der Waals surface area contributed by atoms with Crippen LogP contribution in [0.4, 0.5) is 0 Å². The molecule has 0 spiro atoms. The third-order valence-corrected chi connectivity index (χ3v) is 4.71. The van der Waals surface area contributed by atoms with Gasteiger partial charge in [-0.1, -0.05) is 42.0 Å². The molecule has 154 valence electrons. The highest BCUT2D eigenvalue weighted by atomic mass is 35.5. The topological polar surface area (TPSA) is 96.2 Å². The number of carbonyl (C=O) groups is 1. The molecule has 1 aromatic rings. The predicted octanol–water partition coefficient (Wildman–Crippen LogP) is 3.21. The van der Waals surface area contributed by atoms with E-state index in [9.17, 15) is 15.0 Å². The smallest absolute Gasteiger partial charge is 0.303 e. The second-order valence-electron chi connectivity index (χ2n) is 6.73. The van der Waals surface area contributed by atoms with Crippen molar-refractivity contribution in [3.63, 3.8) is 0 Å². The molecule has 3 N–H and O–H groups in total. The number of rotatable bonds is 11. The summed E-state index contributed by atoms with van der Waals surface area (Å²) < 4.78 is 11.1. The zero-order chi connectivity index (χ0) is 20.4. The van der Waals surface area contributed by atoms with E-state index < -0.39 is 18.2 Å². The molecule has 1 aliphatic heterocycles. The van der Waals surface area contributed by atoms with Gasteiger partial charge in [0, 0.05) is 17.4 Å². The third kappa shape index (κ3) is 8.02. The summed E-state index contributed by atoms with van der Waals surface area (Å²) in [5, 5.41) is 29.4. The summed E-state index contributed by atoms with van der Waals surface area (Å²) in [6.07, 6.45) is 7.59. The molecular formula is C21H27ClO6. The van der Waals surface area contributed by atoms with E-state index in [2.05, 4.69) is 0 Å². The maximum Gasteiger partial charge on any atom is 0.303 e. The van der Waals surface area contributed by atoms with Crippen LogP contribution in [0.5, 0.6) is 5.75 Å². The molecule has 0 aliphatic carbocycles. The van der Waals surface area contributed by atoms with Crippen molar-refractivity contribution < 1.29 is 29.6 Å². The summed E-state index contributed by atoms with van der Waals surface area (Å²) in [6.45, 7) is 0.348. The van der Waals surface area contributed by atoms with Gasteiger partial charge in [0.2, 0.25) is 0 Å². The van der Waals surface area contributed by atoms with Crippen LogP contribution in [0.2, 0.25) is 5.02 Å². The highest BCUT2D eigenvalue weighted by molar-refractivity contribution is 6.30. The summed E-state index contributed by atoms with van der Waals surface area (Å²) in [4.78, 5) is 10.5. The molecule has 1 aliphatic rings. The van der Waals surface area contributed by atoms with Crippen LogP contribution in [0, 0.1) is 5.92 Å². The van der Waals surface area contributed by atoms with Crippen LogP contribution >= 0.6 is 11.6 Å². The second-order valence-corrected chi connectivity index (χ2v) is 7.17. The van der Waals surface area contributed by atoms with E-state index in [0.29, 0.717) is 17.2 Å². The fourth-order valence-electron chi connectivity index (χ4n) is 2.99. The molecule has 0 aromatic heterocycles. The number of aliphatic carboxylic acids is 1. The summed E-state index contributed by atoms with van der Waals surface area (Å²) in [6, 6.07) is 6.95. The van der Waals surface area contributed by atoms with Gasteiger partial charge in [-0.05, 0) is 37.5 Å². The Kier molecular flexibility index (Phi) is 9.50. The minimum absolute atomic E-state index is 0.0681. The first-order valence-electron chi connectivity index (χ1n) is 9.37. The lowest BCUT2D eigenvalue weighted by Gasteiger charge is -2.17. The van der Waals surface area contributed by atoms with Gasteiger partial charge in [0.1, 0.15) is 18.5 Å². The molecule has 4 atom stereocenters. The Bertz CT molecular complexity index is 675. The summed E-state index contributed by atoms with van der Waals surface area (Å²) >= 11 is 5.89. The van der Waals surface area contributed by atoms with Crippen molar-refractivity contribution in [2.24, 2.45) is 5.92 Å². The highest BCUT2D eigenvalue weighted by Crippen LogP contribution is 2.27. The Morgan fingerprint density at radius 2 is 2.14 bits per heavy atom. The number of carboxylic acid groups (broad SMARTS) is 1. The van der Waals surface area contributed by atoms with Gasteiger partial charge >= 0.3 is 5.97 Å². The number of aliphatic hydroxyl groups excluding tert-OH is 2. The molecule has 0 unspecified atom stereocenters. The van der Waals surface area contributed by atoms with E-state index in [-0.39, 0.29) is 31.7 Å². The maximum atomic E-state index is 10.5. The first kappa shape index (κ1) is 22.4. The van der Waals surface area contributed by atoms with Crippen LogP contribution in [-0.4, -0.2) is 52.8 Å². The van der Waals surface area contributed by atoms with Crippen LogP contribution in [0.15, 0.2) is 48.6 Å². The minimum Gasteiger partial charge on any atom is -0.491 e. The van der Waals surface area contributed by atoms with E-state index in [1.165, 1.54) is 0 Å². The summed E-state index contributed by atoms with van der Waals surface area (Å²) in [5.41, 5.74) is 0. The SMILES string of the molecule is O=C(O)CCC=CCC[C@H]1[C@@H](O)CO[C@@H]1C=C[C@H](O)COc1cccc(Cl)c1. The first-order chi connectivity index (χ1) is 13.5. The van der Waals surface area contributed by atoms with Gasteiger partial charge < -0.3 is 24.8 Å². The Morgan fingerprint density at radius 1 is 1.36 bits per heavy atom. The molecule has 0 bridgehead atoms. The fraction of sp³-hybridized carbons (Fsp3) is 0.476. The average molecular weight is 411 g/mol. The predicted molar refractivity (Wildman–Crippen MR) is 107 cm³/mol. The molecule has 6 nitrogen and oxygen atoms in total. The molecule has 7 heteroatoms. The molecule has 2 rings (SSSR count). The van der Waals surface area contributed by atoms with Crippen molar-refractivity contribution in [3.8, 4) is 5.75 Å². The molecule has 1 fully saturated rings. The summed E-state index contributed by atoms with van der Waals surface area (Å²) in [7, 11) is 0. The lowest BCUT2D eigenvalue weighted by Crippen LogP contribution is -2.23. The number of ether oxygens (including phenoxy) is 2. The third-order valence-electron chi connectivity index (χ3n) is 4.47. The maximum absolute atomic E-state index is 10.5. The Balaban J connectivity index is 1.76. The number of aliphatic hydroxyl groups is 2. The largest absolute Gasteiger partial charge is 0.491 e. The van der Waals surface area contributed by atoms with Crippen LogP contribution in [0.1, 0.15) is 25.7 Å². The molecule has 1 saturated heterocycles. The lowest BCUT2D eigenvalue weighted by molar-refractivity contribution is -0.136. The van der Waals surface area contributed by atoms with Gasteiger partial charge in [-0.25, -0.2) is 0 Å². The van der Waals surface area contributed by atoms with Crippen molar-refractivity contribution in [3.05, 3.63) is 53.6 Å². The quantitative estimate of drug-likeness (QED) is 0.485. The van der Waals surface area contributed by atoms with Crippen LogP contribution in [-0.2, 0) is 9.53 Å². The Hall–Kier alpha value is -1.86. The second kappa shape index (κ2) is 11.9. The average Bonchev–Trinajstić information content (AvgIpc) is 3.01. The molecule has 0 saturated carbocycles. The number of benzene rings is 1. The van der Waals surface area contributed by atoms with Crippen molar-refractivity contribution >= 4 is 17.6 Å². The number of allylic oxidation sites excluding steroid dienone is 2. The van der Waals surface area contributed by atoms with E-state index >= 15 is 0 Å². The van der Waals surface area contributed by atoms with Gasteiger partial charge in [-0.3, -0.25) is 4.79 Å². The van der Waals surface area contributed by atoms with Crippen molar-refractivity contribution in [1.82, 2.24) is 0 Å². The first-order valence-corrected chi connectivity index (χ1v) is 9.74. The highest BCUT2D eigenvalue weighted by Gasteiger charge is 2.33. The number of hydrogen-bond acceptors (Lipinski definition) is 5. The zero-order valence-corrected chi connectivity index (χ0v) is 16.4. The number of carboxylic acids is 1. The standard InChI is InChI=1S/C21H27ClO6/c22-15-6-5-7-17(12-15)27-13-16(23)10-11-20-18(19(24)14-28-20)8-3-1-2-4-9-21(25)26/h1-2,5-7,10-12,16,18-20,23-24H,3-4,8-9,13-14H2,(H,25,26)/t16-,18-,19-,20+/m0/s1. The molecule has 0 amide bonds. The zero-order valence-electron chi connectivity index (χ0n) is 15.6. The monoisotopic (exact) mass is 410 g/mol. The van der Waals surface area contributed by atoms with Crippen LogP contribution in [0.25, 0.3) is 0 Å². The Labute approximate surface area is 170 Å². The van der Waals surface area contributed by atoms with Crippen molar-refractivity contribution in [1.29, 1.82) is 0 Å². The van der Waals surface area contributed by atoms with Crippen LogP contribution in [0.3, 0.4) is 0 Å². The van der Waals surface area contributed by atoms with E-state index in [4.69, 9.17) is 26.2 Å². The van der Waals surface area contributed by atoms with E-state index in [0.717, 1.165) is 12.8 Å². The number of hydrogen-bond donors (Lipinski definition) is 3. The van der Waals surface area contributed by atoms with Crippen LogP contribution < -0.4 is 4.74 Å².